The van der Waals surface area contributed by atoms with Crippen LogP contribution in [0.15, 0.2) is 34.9 Å². The molecular weight excluding hydrogens is 337 g/mol. The Morgan fingerprint density at radius 3 is 2.88 bits per heavy atom. The number of hydrogen-bond donors (Lipinski definition) is 1. The molecule has 3 heterocycles. The second-order valence-corrected chi connectivity index (χ2v) is 6.94. The number of aromatic nitrogens is 3. The number of carbonyl (C=O) groups is 1. The summed E-state index contributed by atoms with van der Waals surface area (Å²) in [5.41, 5.74) is 1.93. The SMILES string of the molecule is Cn1nccc1[C@H]1[C@H](Nc2nc3cc(F)ccc3o2)CC(=O)N1C1CC1. The monoisotopic (exact) mass is 355 g/mol. The lowest BCUT2D eigenvalue weighted by Crippen LogP contribution is -2.35. The van der Waals surface area contributed by atoms with E-state index in [0.717, 1.165) is 18.5 Å². The van der Waals surface area contributed by atoms with Gasteiger partial charge in [0.2, 0.25) is 5.91 Å². The van der Waals surface area contributed by atoms with Gasteiger partial charge in [-0.15, -0.1) is 0 Å². The largest absolute Gasteiger partial charge is 0.424 e. The third-order valence-electron chi connectivity index (χ3n) is 5.12. The molecule has 5 rings (SSSR count). The van der Waals surface area contributed by atoms with Crippen LogP contribution in [0.25, 0.3) is 11.1 Å². The molecule has 2 aliphatic rings. The van der Waals surface area contributed by atoms with Gasteiger partial charge in [-0.2, -0.15) is 10.1 Å². The minimum Gasteiger partial charge on any atom is -0.424 e. The number of oxazole rings is 1. The molecule has 26 heavy (non-hydrogen) atoms. The maximum absolute atomic E-state index is 13.4. The van der Waals surface area contributed by atoms with Gasteiger partial charge in [0.05, 0.1) is 17.8 Å². The maximum Gasteiger partial charge on any atom is 0.296 e. The highest BCUT2D eigenvalue weighted by Gasteiger charge is 2.48. The van der Waals surface area contributed by atoms with Crippen LogP contribution in [0, 0.1) is 5.82 Å². The second-order valence-electron chi connectivity index (χ2n) is 6.94. The van der Waals surface area contributed by atoms with E-state index < -0.39 is 0 Å². The molecule has 2 aromatic heterocycles. The summed E-state index contributed by atoms with van der Waals surface area (Å²) in [6.45, 7) is 0. The van der Waals surface area contributed by atoms with Gasteiger partial charge >= 0.3 is 0 Å². The third kappa shape index (κ3) is 2.44. The summed E-state index contributed by atoms with van der Waals surface area (Å²) in [7, 11) is 1.88. The zero-order valence-corrected chi connectivity index (χ0v) is 14.2. The molecule has 1 N–H and O–H groups in total. The Morgan fingerprint density at radius 2 is 2.15 bits per heavy atom. The average molecular weight is 355 g/mol. The van der Waals surface area contributed by atoms with Crippen LogP contribution in [0.2, 0.25) is 0 Å². The first-order valence-corrected chi connectivity index (χ1v) is 8.72. The van der Waals surface area contributed by atoms with Crippen molar-refractivity contribution in [3.63, 3.8) is 0 Å². The fourth-order valence-electron chi connectivity index (χ4n) is 3.81. The van der Waals surface area contributed by atoms with Crippen molar-refractivity contribution in [2.75, 3.05) is 5.32 Å². The molecular formula is C18H18FN5O2. The number of fused-ring (bicyclic) bond motifs is 1. The predicted octanol–water partition coefficient (Wildman–Crippen LogP) is 2.62. The highest BCUT2D eigenvalue weighted by molar-refractivity contribution is 5.82. The fourth-order valence-corrected chi connectivity index (χ4v) is 3.81. The summed E-state index contributed by atoms with van der Waals surface area (Å²) < 4.78 is 20.9. The minimum absolute atomic E-state index is 0.123. The van der Waals surface area contributed by atoms with Gasteiger partial charge in [0.1, 0.15) is 11.3 Å². The smallest absolute Gasteiger partial charge is 0.296 e. The number of hydrogen-bond acceptors (Lipinski definition) is 5. The first kappa shape index (κ1) is 15.4. The summed E-state index contributed by atoms with van der Waals surface area (Å²) in [5.74, 6) is -0.237. The number of carbonyl (C=O) groups excluding carboxylic acids is 1. The van der Waals surface area contributed by atoms with Crippen LogP contribution < -0.4 is 5.32 Å². The van der Waals surface area contributed by atoms with Crippen molar-refractivity contribution in [2.45, 2.75) is 37.4 Å². The molecule has 134 valence electrons. The first-order chi connectivity index (χ1) is 12.6. The molecule has 7 nitrogen and oxygen atoms in total. The van der Waals surface area contributed by atoms with Crippen molar-refractivity contribution in [3.05, 3.63) is 42.0 Å². The van der Waals surface area contributed by atoms with Crippen LogP contribution in [0.3, 0.4) is 0 Å². The van der Waals surface area contributed by atoms with Crippen molar-refractivity contribution in [2.24, 2.45) is 7.05 Å². The van der Waals surface area contributed by atoms with Gasteiger partial charge < -0.3 is 14.6 Å². The molecule has 2 atom stereocenters. The van der Waals surface area contributed by atoms with Crippen molar-refractivity contribution in [1.82, 2.24) is 19.7 Å². The lowest BCUT2D eigenvalue weighted by molar-refractivity contribution is -0.129. The molecule has 3 aromatic rings. The molecule has 1 aliphatic heterocycles. The number of rotatable bonds is 4. The predicted molar refractivity (Wildman–Crippen MR) is 91.8 cm³/mol. The topological polar surface area (TPSA) is 76.2 Å². The van der Waals surface area contributed by atoms with Crippen molar-refractivity contribution in [1.29, 1.82) is 0 Å². The van der Waals surface area contributed by atoms with Gasteiger partial charge in [-0.05, 0) is 31.0 Å². The van der Waals surface area contributed by atoms with E-state index in [9.17, 15) is 9.18 Å². The van der Waals surface area contributed by atoms with Crippen molar-refractivity contribution >= 4 is 23.0 Å². The zero-order chi connectivity index (χ0) is 17.8. The van der Waals surface area contributed by atoms with Crippen LogP contribution in [-0.2, 0) is 11.8 Å². The number of amides is 1. The van der Waals surface area contributed by atoms with Crippen LogP contribution in [0.5, 0.6) is 0 Å². The Balaban J connectivity index is 1.49. The Bertz CT molecular complexity index is 993. The summed E-state index contributed by atoms with van der Waals surface area (Å²) in [6, 6.07) is 6.44. The van der Waals surface area contributed by atoms with E-state index in [-0.39, 0.29) is 23.8 Å². The van der Waals surface area contributed by atoms with Gasteiger partial charge in [-0.1, -0.05) is 0 Å². The molecule has 8 heteroatoms. The quantitative estimate of drug-likeness (QED) is 0.779. The number of aryl methyl sites for hydroxylation is 1. The van der Waals surface area contributed by atoms with Crippen LogP contribution in [0.1, 0.15) is 31.0 Å². The van der Waals surface area contributed by atoms with E-state index in [0.29, 0.717) is 29.6 Å². The number of halogens is 1. The van der Waals surface area contributed by atoms with E-state index in [1.807, 2.05) is 18.0 Å². The lowest BCUT2D eigenvalue weighted by atomic mass is 10.1. The Hall–Kier alpha value is -2.90. The fraction of sp³-hybridized carbons (Fsp3) is 0.389. The normalized spacial score (nSPS) is 23.2. The lowest BCUT2D eigenvalue weighted by Gasteiger charge is -2.28. The number of nitrogens with one attached hydrogen (secondary N) is 1. The van der Waals surface area contributed by atoms with Crippen LogP contribution >= 0.6 is 0 Å². The summed E-state index contributed by atoms with van der Waals surface area (Å²) in [4.78, 5) is 18.9. The molecule has 1 amide bonds. The molecule has 1 aromatic carbocycles. The second kappa shape index (κ2) is 5.55. The van der Waals surface area contributed by atoms with E-state index >= 15 is 0 Å². The number of nitrogens with zero attached hydrogens (tertiary/aromatic N) is 4. The van der Waals surface area contributed by atoms with E-state index in [4.69, 9.17) is 4.42 Å². The number of benzene rings is 1. The van der Waals surface area contributed by atoms with Crippen LogP contribution in [-0.4, -0.2) is 37.7 Å². The Labute approximate surface area is 148 Å². The maximum atomic E-state index is 13.4. The number of anilines is 1. The number of likely N-dealkylation sites (tertiary alicyclic amines) is 1. The van der Waals surface area contributed by atoms with E-state index in [1.165, 1.54) is 12.1 Å². The van der Waals surface area contributed by atoms with Gasteiger partial charge in [0.25, 0.3) is 6.01 Å². The molecule has 1 saturated heterocycles. The Morgan fingerprint density at radius 1 is 1.31 bits per heavy atom. The van der Waals surface area contributed by atoms with E-state index in [2.05, 4.69) is 15.4 Å². The van der Waals surface area contributed by atoms with Gasteiger partial charge in [0, 0.05) is 31.8 Å². The van der Waals surface area contributed by atoms with Gasteiger partial charge in [0.15, 0.2) is 5.58 Å². The summed E-state index contributed by atoms with van der Waals surface area (Å²) in [6.07, 6.45) is 4.17. The molecule has 2 fully saturated rings. The van der Waals surface area contributed by atoms with E-state index in [1.54, 1.807) is 16.9 Å². The highest BCUT2D eigenvalue weighted by Crippen LogP contribution is 2.42. The molecule has 1 aliphatic carbocycles. The summed E-state index contributed by atoms with van der Waals surface area (Å²) in [5, 5.41) is 7.51. The summed E-state index contributed by atoms with van der Waals surface area (Å²) >= 11 is 0. The first-order valence-electron chi connectivity index (χ1n) is 8.72. The standard InChI is InChI=1S/C18H18FN5O2/c1-23-14(6-7-20-23)17-13(9-16(25)24(17)11-3-4-11)22-18-21-12-8-10(19)2-5-15(12)26-18/h2,5-8,11,13,17H,3-4,9H2,1H3,(H,21,22)/t13-,17-/m1/s1. The molecule has 0 unspecified atom stereocenters. The minimum atomic E-state index is -0.360. The zero-order valence-electron chi connectivity index (χ0n) is 14.2. The molecule has 0 spiro atoms. The van der Waals surface area contributed by atoms with Gasteiger partial charge in [-0.25, -0.2) is 4.39 Å². The van der Waals surface area contributed by atoms with Crippen molar-refractivity contribution in [3.8, 4) is 0 Å². The van der Waals surface area contributed by atoms with Crippen molar-refractivity contribution < 1.29 is 13.6 Å². The average Bonchev–Trinajstić information content (AvgIpc) is 3.09. The molecule has 0 bridgehead atoms. The molecule has 1 saturated carbocycles. The van der Waals surface area contributed by atoms with Crippen LogP contribution in [0.4, 0.5) is 10.4 Å². The third-order valence-corrected chi connectivity index (χ3v) is 5.12. The molecule has 0 radical (unpaired) electrons. The highest BCUT2D eigenvalue weighted by atomic mass is 19.1. The Kier molecular flexibility index (Phi) is 3.28. The van der Waals surface area contributed by atoms with Gasteiger partial charge in [-0.3, -0.25) is 9.48 Å².